The Kier molecular flexibility index (Phi) is 4.82. The minimum absolute atomic E-state index is 0.103. The molecule has 0 spiro atoms. The van der Waals surface area contributed by atoms with Gasteiger partial charge in [-0.15, -0.1) is 0 Å². The summed E-state index contributed by atoms with van der Waals surface area (Å²) >= 11 is 5.81. The molecule has 0 aliphatic rings. The van der Waals surface area contributed by atoms with Crippen molar-refractivity contribution in [3.05, 3.63) is 58.6 Å². The lowest BCUT2D eigenvalue weighted by Gasteiger charge is -2.10. The summed E-state index contributed by atoms with van der Waals surface area (Å²) in [4.78, 5) is 33.9. The van der Waals surface area contributed by atoms with Crippen LogP contribution < -0.4 is 9.47 Å². The van der Waals surface area contributed by atoms with Gasteiger partial charge in [0.2, 0.25) is 0 Å². The summed E-state index contributed by atoms with van der Waals surface area (Å²) in [6, 6.07) is 9.33. The number of carboxylic acid groups (broad SMARTS) is 2. The number of carboxylic acids is 2. The van der Waals surface area contributed by atoms with Gasteiger partial charge in [-0.2, -0.15) is 0 Å². The summed E-state index contributed by atoms with van der Waals surface area (Å²) in [6.45, 7) is 0. The third kappa shape index (κ3) is 3.78. The van der Waals surface area contributed by atoms with Crippen LogP contribution in [0.4, 0.5) is 4.79 Å². The van der Waals surface area contributed by atoms with Crippen LogP contribution in [0.1, 0.15) is 20.7 Å². The van der Waals surface area contributed by atoms with Gasteiger partial charge < -0.3 is 19.7 Å². The largest absolute Gasteiger partial charge is 0.519 e. The van der Waals surface area contributed by atoms with E-state index in [1.54, 1.807) is 0 Å². The van der Waals surface area contributed by atoms with Crippen molar-refractivity contribution >= 4 is 29.7 Å². The fourth-order valence-corrected chi connectivity index (χ4v) is 1.92. The number of carbonyl (C=O) groups excluding carboxylic acids is 1. The lowest BCUT2D eigenvalue weighted by Crippen LogP contribution is -2.17. The van der Waals surface area contributed by atoms with Crippen molar-refractivity contribution in [1.82, 2.24) is 0 Å². The lowest BCUT2D eigenvalue weighted by molar-refractivity contribution is 0.0684. The number of para-hydroxylation sites is 2. The molecule has 0 radical (unpaired) electrons. The van der Waals surface area contributed by atoms with Crippen molar-refractivity contribution in [2.75, 3.05) is 0 Å². The average Bonchev–Trinajstić information content (AvgIpc) is 2.49. The second-order valence-corrected chi connectivity index (χ2v) is 4.58. The zero-order chi connectivity index (χ0) is 17.0. The Hall–Kier alpha value is -3.06. The highest BCUT2D eigenvalue weighted by Gasteiger charge is 2.20. The van der Waals surface area contributed by atoms with Gasteiger partial charge in [-0.1, -0.05) is 29.8 Å². The van der Waals surface area contributed by atoms with Crippen LogP contribution in [-0.2, 0) is 0 Å². The quantitative estimate of drug-likeness (QED) is 0.650. The van der Waals surface area contributed by atoms with Crippen molar-refractivity contribution in [2.24, 2.45) is 0 Å². The van der Waals surface area contributed by atoms with Crippen molar-refractivity contribution in [1.29, 1.82) is 0 Å². The molecule has 2 rings (SSSR count). The van der Waals surface area contributed by atoms with E-state index in [0.717, 1.165) is 0 Å². The van der Waals surface area contributed by atoms with Crippen LogP contribution >= 0.6 is 11.6 Å². The van der Waals surface area contributed by atoms with Crippen LogP contribution in [0, 0.1) is 0 Å². The SMILES string of the molecule is O=C(Oc1ccccc1C(=O)O)Oc1c(Cl)cccc1C(=O)O. The van der Waals surface area contributed by atoms with Crippen molar-refractivity contribution in [3.63, 3.8) is 0 Å². The summed E-state index contributed by atoms with van der Waals surface area (Å²) in [5.41, 5.74) is -0.581. The molecule has 2 N–H and O–H groups in total. The van der Waals surface area contributed by atoms with E-state index in [1.807, 2.05) is 0 Å². The van der Waals surface area contributed by atoms with Crippen LogP contribution in [0.25, 0.3) is 0 Å². The number of aromatic carboxylic acids is 2. The number of halogens is 1. The lowest BCUT2D eigenvalue weighted by atomic mass is 10.2. The zero-order valence-corrected chi connectivity index (χ0v) is 12.1. The van der Waals surface area contributed by atoms with E-state index in [4.69, 9.17) is 31.3 Å². The van der Waals surface area contributed by atoms with Gasteiger partial charge in [0.15, 0.2) is 5.75 Å². The maximum absolute atomic E-state index is 11.8. The van der Waals surface area contributed by atoms with Crippen molar-refractivity contribution < 1.29 is 34.1 Å². The molecule has 0 amide bonds. The molecule has 0 heterocycles. The standard InChI is InChI=1S/C15H9ClO7/c16-10-6-3-5-9(14(19)20)12(10)23-15(21)22-11-7-2-1-4-8(11)13(17)18/h1-7H,(H,17,18)(H,19,20). The average molecular weight is 337 g/mol. The molecule has 7 nitrogen and oxygen atoms in total. The first-order valence-corrected chi connectivity index (χ1v) is 6.51. The Labute approximate surface area is 134 Å². The summed E-state index contributed by atoms with van der Waals surface area (Å²) in [5.74, 6) is -3.27. The van der Waals surface area contributed by atoms with Gasteiger partial charge in [0.05, 0.1) is 5.02 Å². The second-order valence-electron chi connectivity index (χ2n) is 4.18. The number of benzene rings is 2. The highest BCUT2D eigenvalue weighted by molar-refractivity contribution is 6.32. The Morgan fingerprint density at radius 2 is 1.43 bits per heavy atom. The fourth-order valence-electron chi connectivity index (χ4n) is 1.71. The van der Waals surface area contributed by atoms with Gasteiger partial charge in [0.1, 0.15) is 16.9 Å². The normalized spacial score (nSPS) is 9.96. The summed E-state index contributed by atoms with van der Waals surface area (Å²) in [6.07, 6.45) is -1.31. The van der Waals surface area contributed by atoms with Gasteiger partial charge in [-0.05, 0) is 24.3 Å². The molecule has 2 aromatic carbocycles. The number of hydrogen-bond donors (Lipinski definition) is 2. The van der Waals surface area contributed by atoms with Crippen LogP contribution in [0.3, 0.4) is 0 Å². The topological polar surface area (TPSA) is 110 Å². The molecule has 0 saturated carbocycles. The molecule has 0 aromatic heterocycles. The molecule has 0 unspecified atom stereocenters. The Bertz CT molecular complexity index is 785. The molecule has 0 aliphatic heterocycles. The van der Waals surface area contributed by atoms with E-state index >= 15 is 0 Å². The Balaban J connectivity index is 2.25. The molecular weight excluding hydrogens is 328 g/mol. The first kappa shape index (κ1) is 16.3. The minimum Gasteiger partial charge on any atom is -0.478 e. The summed E-state index contributed by atoms with van der Waals surface area (Å²) < 4.78 is 9.62. The molecule has 0 atom stereocenters. The minimum atomic E-state index is -1.35. The van der Waals surface area contributed by atoms with E-state index in [9.17, 15) is 14.4 Å². The van der Waals surface area contributed by atoms with E-state index in [-0.39, 0.29) is 27.6 Å². The van der Waals surface area contributed by atoms with E-state index in [0.29, 0.717) is 0 Å². The molecule has 0 aliphatic carbocycles. The molecule has 118 valence electrons. The maximum atomic E-state index is 11.8. The van der Waals surface area contributed by atoms with Gasteiger partial charge in [0.25, 0.3) is 0 Å². The number of carbonyl (C=O) groups is 3. The van der Waals surface area contributed by atoms with Crippen LogP contribution in [0.5, 0.6) is 11.5 Å². The third-order valence-electron chi connectivity index (χ3n) is 2.69. The second kappa shape index (κ2) is 6.80. The number of ether oxygens (including phenoxy) is 2. The first-order valence-electron chi connectivity index (χ1n) is 6.14. The molecule has 0 saturated heterocycles. The molecule has 2 aromatic rings. The fraction of sp³-hybridized carbons (Fsp3) is 0. The van der Waals surface area contributed by atoms with E-state index in [1.165, 1.54) is 42.5 Å². The van der Waals surface area contributed by atoms with Gasteiger partial charge in [-0.3, -0.25) is 0 Å². The predicted octanol–water partition coefficient (Wildman–Crippen LogP) is 3.31. The monoisotopic (exact) mass is 336 g/mol. The molecule has 0 bridgehead atoms. The van der Waals surface area contributed by atoms with Crippen molar-refractivity contribution in [2.45, 2.75) is 0 Å². The highest BCUT2D eigenvalue weighted by atomic mass is 35.5. The summed E-state index contributed by atoms with van der Waals surface area (Å²) in [7, 11) is 0. The first-order chi connectivity index (χ1) is 10.9. The van der Waals surface area contributed by atoms with Gasteiger partial charge in [0, 0.05) is 0 Å². The molecular formula is C15H9ClO7. The molecule has 23 heavy (non-hydrogen) atoms. The van der Waals surface area contributed by atoms with E-state index in [2.05, 4.69) is 0 Å². The maximum Gasteiger partial charge on any atom is 0.519 e. The van der Waals surface area contributed by atoms with E-state index < -0.39 is 18.1 Å². The predicted molar refractivity (Wildman–Crippen MR) is 78.5 cm³/mol. The Morgan fingerprint density at radius 3 is 2.09 bits per heavy atom. The highest BCUT2D eigenvalue weighted by Crippen LogP contribution is 2.29. The summed E-state index contributed by atoms with van der Waals surface area (Å²) in [5, 5.41) is 17.9. The van der Waals surface area contributed by atoms with Crippen LogP contribution in [0.2, 0.25) is 5.02 Å². The molecule has 8 heteroatoms. The number of rotatable bonds is 4. The van der Waals surface area contributed by atoms with Gasteiger partial charge in [-0.25, -0.2) is 14.4 Å². The smallest absolute Gasteiger partial charge is 0.478 e. The van der Waals surface area contributed by atoms with Crippen LogP contribution in [0.15, 0.2) is 42.5 Å². The third-order valence-corrected chi connectivity index (χ3v) is 2.99. The van der Waals surface area contributed by atoms with Crippen LogP contribution in [-0.4, -0.2) is 28.3 Å². The van der Waals surface area contributed by atoms with Crippen molar-refractivity contribution in [3.8, 4) is 11.5 Å². The molecule has 0 fully saturated rings. The Morgan fingerprint density at radius 1 is 0.826 bits per heavy atom. The zero-order valence-electron chi connectivity index (χ0n) is 11.4. The van der Waals surface area contributed by atoms with Gasteiger partial charge >= 0.3 is 18.1 Å². The number of hydrogen-bond acceptors (Lipinski definition) is 5.